The molecule has 4 rings (SSSR count). The van der Waals surface area contributed by atoms with Gasteiger partial charge in [-0.15, -0.1) is 0 Å². The van der Waals surface area contributed by atoms with E-state index in [1.165, 1.54) is 12.1 Å². The maximum atomic E-state index is 13.1. The van der Waals surface area contributed by atoms with Crippen molar-refractivity contribution in [2.75, 3.05) is 12.3 Å². The highest BCUT2D eigenvalue weighted by atomic mass is 32.2. The third-order valence-corrected chi connectivity index (χ3v) is 7.05. The number of fused-ring (bicyclic) bond motifs is 1. The number of nitrogens with one attached hydrogen (secondary N) is 2. The zero-order valence-electron chi connectivity index (χ0n) is 21.0. The number of hydrogen-bond donors (Lipinski definition) is 3. The van der Waals surface area contributed by atoms with Crippen LogP contribution in [0.25, 0.3) is 10.8 Å². The molecule has 0 saturated carbocycles. The van der Waals surface area contributed by atoms with Crippen molar-refractivity contribution in [2.24, 2.45) is 0 Å². The van der Waals surface area contributed by atoms with E-state index in [0.717, 1.165) is 10.8 Å². The SMILES string of the molecule is CCOC(=O)C[C@@H](NC(=O)c1ccccc1)NS(=O)(=O)c1ccc(C#Cc2nc(N)cc3ccccc23)cc1. The number of hydrogen-bond acceptors (Lipinski definition) is 7. The van der Waals surface area contributed by atoms with Crippen LogP contribution < -0.4 is 15.8 Å². The fourth-order valence-electron chi connectivity index (χ4n) is 3.76. The fraction of sp³-hybridized carbons (Fsp3) is 0.138. The topological polar surface area (TPSA) is 140 Å². The fourth-order valence-corrected chi connectivity index (χ4v) is 4.91. The number of nitrogen functional groups attached to an aromatic ring is 1. The van der Waals surface area contributed by atoms with E-state index in [1.807, 2.05) is 24.3 Å². The number of rotatable bonds is 8. The average molecular weight is 543 g/mol. The van der Waals surface area contributed by atoms with Crippen LogP contribution in [0.3, 0.4) is 0 Å². The van der Waals surface area contributed by atoms with Gasteiger partial charge in [-0.05, 0) is 60.7 Å². The van der Waals surface area contributed by atoms with Gasteiger partial charge < -0.3 is 15.8 Å². The van der Waals surface area contributed by atoms with E-state index in [-0.39, 0.29) is 11.5 Å². The predicted octanol–water partition coefficient (Wildman–Crippen LogP) is 3.20. The smallest absolute Gasteiger partial charge is 0.309 e. The van der Waals surface area contributed by atoms with Crippen LogP contribution in [-0.2, 0) is 19.6 Å². The number of amides is 1. The van der Waals surface area contributed by atoms with E-state index in [4.69, 9.17) is 10.5 Å². The number of sulfonamides is 1. The Hall–Kier alpha value is -4.72. The Kier molecular flexibility index (Phi) is 8.56. The maximum absolute atomic E-state index is 13.1. The van der Waals surface area contributed by atoms with E-state index in [1.54, 1.807) is 55.5 Å². The molecular formula is C29H26N4O5S. The number of benzene rings is 3. The summed E-state index contributed by atoms with van der Waals surface area (Å²) in [4.78, 5) is 29.0. The first-order valence-corrected chi connectivity index (χ1v) is 13.5. The summed E-state index contributed by atoms with van der Waals surface area (Å²) in [6, 6.07) is 23.5. The van der Waals surface area contributed by atoms with Crippen molar-refractivity contribution in [2.45, 2.75) is 24.4 Å². The van der Waals surface area contributed by atoms with Gasteiger partial charge >= 0.3 is 5.97 Å². The summed E-state index contributed by atoms with van der Waals surface area (Å²) in [7, 11) is -4.12. The van der Waals surface area contributed by atoms with Crippen molar-refractivity contribution in [3.8, 4) is 11.8 Å². The summed E-state index contributed by atoms with van der Waals surface area (Å²) in [5.74, 6) is 5.13. The molecule has 0 aliphatic heterocycles. The van der Waals surface area contributed by atoms with Gasteiger partial charge in [0, 0.05) is 16.5 Å². The lowest BCUT2D eigenvalue weighted by Crippen LogP contribution is -2.49. The number of ether oxygens (including phenoxy) is 1. The lowest BCUT2D eigenvalue weighted by Gasteiger charge is -2.19. The number of nitrogens with two attached hydrogens (primary N) is 1. The standard InChI is InChI=1S/C29H26N4O5S/c1-2-38-28(34)19-27(32-29(35)21-8-4-3-5-9-21)33-39(36,37)23-15-12-20(13-16-23)14-17-25-24-11-7-6-10-22(24)18-26(30)31-25/h3-13,15-16,18,27,33H,2,19H2,1H3,(H2,30,31)(H,32,35)/t27-/m0/s1. The van der Waals surface area contributed by atoms with Crippen molar-refractivity contribution in [3.05, 3.63) is 102 Å². The molecule has 0 unspecified atom stereocenters. The summed E-state index contributed by atoms with van der Waals surface area (Å²) in [6.45, 7) is 1.75. The molecule has 10 heteroatoms. The van der Waals surface area contributed by atoms with Gasteiger partial charge in [-0.2, -0.15) is 4.72 Å². The van der Waals surface area contributed by atoms with E-state index >= 15 is 0 Å². The molecule has 4 N–H and O–H groups in total. The molecule has 4 aromatic rings. The molecule has 1 atom stereocenters. The van der Waals surface area contributed by atoms with Gasteiger partial charge in [-0.1, -0.05) is 48.4 Å². The van der Waals surface area contributed by atoms with Crippen LogP contribution in [-0.4, -0.2) is 38.1 Å². The number of anilines is 1. The Morgan fingerprint density at radius 1 is 0.974 bits per heavy atom. The van der Waals surface area contributed by atoms with Gasteiger partial charge in [0.2, 0.25) is 10.0 Å². The summed E-state index contributed by atoms with van der Waals surface area (Å²) >= 11 is 0. The third-order valence-electron chi connectivity index (χ3n) is 5.56. The molecule has 9 nitrogen and oxygen atoms in total. The molecule has 3 aromatic carbocycles. The lowest BCUT2D eigenvalue weighted by molar-refractivity contribution is -0.143. The van der Waals surface area contributed by atoms with E-state index in [2.05, 4.69) is 26.9 Å². The Balaban J connectivity index is 1.53. The zero-order chi connectivity index (χ0) is 27.8. The van der Waals surface area contributed by atoms with E-state index < -0.39 is 34.5 Å². The van der Waals surface area contributed by atoms with Gasteiger partial charge in [-0.3, -0.25) is 9.59 Å². The van der Waals surface area contributed by atoms with Crippen LogP contribution in [0.15, 0.2) is 89.8 Å². The minimum Gasteiger partial charge on any atom is -0.466 e. The van der Waals surface area contributed by atoms with Crippen LogP contribution in [0, 0.1) is 11.8 Å². The van der Waals surface area contributed by atoms with E-state index in [0.29, 0.717) is 22.6 Å². The first kappa shape index (κ1) is 27.3. The second-order valence-electron chi connectivity index (χ2n) is 8.41. The number of aromatic nitrogens is 1. The second-order valence-corrected chi connectivity index (χ2v) is 10.1. The Morgan fingerprint density at radius 2 is 1.67 bits per heavy atom. The molecule has 1 heterocycles. The Labute approximate surface area is 226 Å². The van der Waals surface area contributed by atoms with Crippen molar-refractivity contribution in [3.63, 3.8) is 0 Å². The lowest BCUT2D eigenvalue weighted by atomic mass is 10.1. The van der Waals surface area contributed by atoms with Crippen LogP contribution >= 0.6 is 0 Å². The van der Waals surface area contributed by atoms with Crippen molar-refractivity contribution < 1.29 is 22.7 Å². The molecule has 1 amide bonds. The van der Waals surface area contributed by atoms with Crippen LogP contribution in [0.5, 0.6) is 0 Å². The number of carbonyl (C=O) groups is 2. The molecule has 0 aliphatic carbocycles. The van der Waals surface area contributed by atoms with Crippen molar-refractivity contribution in [1.29, 1.82) is 0 Å². The quantitative estimate of drug-likeness (QED) is 0.176. The molecular weight excluding hydrogens is 516 g/mol. The number of pyridine rings is 1. The minimum absolute atomic E-state index is 0.0663. The van der Waals surface area contributed by atoms with Gasteiger partial charge in [0.05, 0.1) is 17.9 Å². The maximum Gasteiger partial charge on any atom is 0.309 e. The molecule has 0 bridgehead atoms. The second kappa shape index (κ2) is 12.2. The van der Waals surface area contributed by atoms with Gasteiger partial charge in [0.15, 0.2) is 0 Å². The monoisotopic (exact) mass is 542 g/mol. The number of esters is 1. The summed E-state index contributed by atoms with van der Waals surface area (Å²) in [6.07, 6.45) is -1.62. The van der Waals surface area contributed by atoms with Gasteiger partial charge in [0.1, 0.15) is 17.7 Å². The normalized spacial score (nSPS) is 11.7. The summed E-state index contributed by atoms with van der Waals surface area (Å²) in [5.41, 5.74) is 7.29. The first-order valence-electron chi connectivity index (χ1n) is 12.1. The molecule has 0 aliphatic rings. The largest absolute Gasteiger partial charge is 0.466 e. The predicted molar refractivity (Wildman–Crippen MR) is 148 cm³/mol. The summed E-state index contributed by atoms with van der Waals surface area (Å²) < 4.78 is 33.5. The Morgan fingerprint density at radius 3 is 2.38 bits per heavy atom. The molecule has 0 fully saturated rings. The highest BCUT2D eigenvalue weighted by Crippen LogP contribution is 2.19. The average Bonchev–Trinajstić information content (AvgIpc) is 2.92. The van der Waals surface area contributed by atoms with E-state index in [9.17, 15) is 18.0 Å². The number of nitrogens with zero attached hydrogens (tertiary/aromatic N) is 1. The van der Waals surface area contributed by atoms with Crippen LogP contribution in [0.2, 0.25) is 0 Å². The van der Waals surface area contributed by atoms with Gasteiger partial charge in [0.25, 0.3) is 5.91 Å². The minimum atomic E-state index is -4.12. The van der Waals surface area contributed by atoms with Crippen LogP contribution in [0.4, 0.5) is 5.82 Å². The molecule has 0 spiro atoms. The van der Waals surface area contributed by atoms with Gasteiger partial charge in [-0.25, -0.2) is 13.4 Å². The Bertz CT molecular complexity index is 1660. The molecule has 39 heavy (non-hydrogen) atoms. The molecule has 1 aromatic heterocycles. The number of carbonyl (C=O) groups excluding carboxylic acids is 2. The van der Waals surface area contributed by atoms with Crippen molar-refractivity contribution in [1.82, 2.24) is 15.0 Å². The third kappa shape index (κ3) is 7.19. The highest BCUT2D eigenvalue weighted by Gasteiger charge is 2.25. The first-order chi connectivity index (χ1) is 18.7. The zero-order valence-corrected chi connectivity index (χ0v) is 21.9. The van der Waals surface area contributed by atoms with Crippen molar-refractivity contribution >= 4 is 38.5 Å². The molecule has 0 saturated heterocycles. The molecule has 0 radical (unpaired) electrons. The van der Waals surface area contributed by atoms with Crippen LogP contribution in [0.1, 0.15) is 35.0 Å². The summed E-state index contributed by atoms with van der Waals surface area (Å²) in [5, 5.41) is 4.32. The molecule has 198 valence electrons. The highest BCUT2D eigenvalue weighted by molar-refractivity contribution is 7.89.